The standard InChI is InChI=1S/C23H30N2O3S/c1-4-22(20-12-11-18-7-5-6-8-19(18)15-20)24-23(26)16-25(3)29(27,28)21-13-9-17(2)10-14-21/h9-15,22H,4-8,16H2,1-3H3,(H,24,26)/t22-/m1/s1. The summed E-state index contributed by atoms with van der Waals surface area (Å²) in [6, 6.07) is 13.0. The lowest BCUT2D eigenvalue weighted by Gasteiger charge is -2.23. The molecule has 0 heterocycles. The quantitative estimate of drug-likeness (QED) is 0.750. The largest absolute Gasteiger partial charge is 0.348 e. The van der Waals surface area contributed by atoms with Gasteiger partial charge in [-0.1, -0.05) is 42.8 Å². The predicted molar refractivity (Wildman–Crippen MR) is 115 cm³/mol. The van der Waals surface area contributed by atoms with Crippen LogP contribution in [0.2, 0.25) is 0 Å². The molecule has 2 aromatic carbocycles. The van der Waals surface area contributed by atoms with E-state index in [1.54, 1.807) is 24.3 Å². The van der Waals surface area contributed by atoms with E-state index in [0.717, 1.165) is 34.7 Å². The molecule has 1 N–H and O–H groups in total. The summed E-state index contributed by atoms with van der Waals surface area (Å²) in [4.78, 5) is 12.8. The topological polar surface area (TPSA) is 66.5 Å². The van der Waals surface area contributed by atoms with Crippen LogP contribution in [0.4, 0.5) is 0 Å². The van der Waals surface area contributed by atoms with Gasteiger partial charge in [-0.15, -0.1) is 0 Å². The van der Waals surface area contributed by atoms with Gasteiger partial charge >= 0.3 is 0 Å². The second kappa shape index (κ2) is 9.09. The van der Waals surface area contributed by atoms with Crippen LogP contribution in [0.5, 0.6) is 0 Å². The first-order valence-electron chi connectivity index (χ1n) is 10.3. The van der Waals surface area contributed by atoms with Gasteiger partial charge in [-0.2, -0.15) is 4.31 Å². The van der Waals surface area contributed by atoms with E-state index in [9.17, 15) is 13.2 Å². The maximum atomic E-state index is 12.7. The molecule has 5 nitrogen and oxygen atoms in total. The van der Waals surface area contributed by atoms with Crippen LogP contribution in [-0.2, 0) is 27.7 Å². The molecule has 156 valence electrons. The summed E-state index contributed by atoms with van der Waals surface area (Å²) in [5.41, 5.74) is 4.86. The van der Waals surface area contributed by atoms with Crippen molar-refractivity contribution in [1.82, 2.24) is 9.62 Å². The number of sulfonamides is 1. The zero-order chi connectivity index (χ0) is 21.0. The number of carbonyl (C=O) groups excluding carboxylic acids is 1. The number of likely N-dealkylation sites (N-methyl/N-ethyl adjacent to an activating group) is 1. The molecule has 0 radical (unpaired) electrons. The van der Waals surface area contributed by atoms with Crippen LogP contribution in [0.3, 0.4) is 0 Å². The first-order valence-corrected chi connectivity index (χ1v) is 11.7. The molecular weight excluding hydrogens is 384 g/mol. The minimum Gasteiger partial charge on any atom is -0.348 e. The molecule has 1 aliphatic rings. The van der Waals surface area contributed by atoms with E-state index in [2.05, 4.69) is 23.5 Å². The number of hydrogen-bond acceptors (Lipinski definition) is 3. The van der Waals surface area contributed by atoms with Gasteiger partial charge in [0.1, 0.15) is 0 Å². The fourth-order valence-electron chi connectivity index (χ4n) is 3.81. The fraction of sp³-hybridized carbons (Fsp3) is 0.435. The fourth-order valence-corrected chi connectivity index (χ4v) is 4.94. The van der Waals surface area contributed by atoms with Crippen LogP contribution in [0.15, 0.2) is 47.4 Å². The number of nitrogens with one attached hydrogen (secondary N) is 1. The molecule has 1 atom stereocenters. The molecular formula is C23H30N2O3S. The number of amides is 1. The van der Waals surface area contributed by atoms with Gasteiger partial charge < -0.3 is 5.32 Å². The Morgan fingerprint density at radius 1 is 1.07 bits per heavy atom. The normalized spacial score (nSPS) is 15.0. The zero-order valence-electron chi connectivity index (χ0n) is 17.4. The summed E-state index contributed by atoms with van der Waals surface area (Å²) in [5, 5.41) is 3.01. The van der Waals surface area contributed by atoms with Crippen LogP contribution in [0.1, 0.15) is 54.5 Å². The number of carbonyl (C=O) groups is 1. The van der Waals surface area contributed by atoms with Gasteiger partial charge in [0, 0.05) is 7.05 Å². The summed E-state index contributed by atoms with van der Waals surface area (Å²) in [7, 11) is -2.26. The Hall–Kier alpha value is -2.18. The lowest BCUT2D eigenvalue weighted by atomic mass is 9.89. The van der Waals surface area contributed by atoms with Crippen LogP contribution in [-0.4, -0.2) is 32.2 Å². The third-order valence-electron chi connectivity index (χ3n) is 5.61. The van der Waals surface area contributed by atoms with E-state index >= 15 is 0 Å². The minimum absolute atomic E-state index is 0.120. The van der Waals surface area contributed by atoms with Crippen molar-refractivity contribution in [1.29, 1.82) is 0 Å². The third-order valence-corrected chi connectivity index (χ3v) is 7.43. The summed E-state index contributed by atoms with van der Waals surface area (Å²) < 4.78 is 26.5. The second-order valence-electron chi connectivity index (χ2n) is 7.84. The average Bonchev–Trinajstić information content (AvgIpc) is 2.72. The van der Waals surface area contributed by atoms with Gasteiger partial charge in [-0.05, 0) is 67.9 Å². The Kier molecular flexibility index (Phi) is 6.75. The highest BCUT2D eigenvalue weighted by molar-refractivity contribution is 7.89. The van der Waals surface area contributed by atoms with Gasteiger partial charge in [0.25, 0.3) is 0 Å². The van der Waals surface area contributed by atoms with Crippen LogP contribution < -0.4 is 5.32 Å². The number of nitrogens with zero attached hydrogens (tertiary/aromatic N) is 1. The maximum Gasteiger partial charge on any atom is 0.243 e. The summed E-state index contributed by atoms with van der Waals surface area (Å²) in [6.45, 7) is 3.72. The number of benzene rings is 2. The molecule has 0 aromatic heterocycles. The molecule has 1 amide bonds. The van der Waals surface area contributed by atoms with E-state index in [-0.39, 0.29) is 23.4 Å². The monoisotopic (exact) mass is 414 g/mol. The zero-order valence-corrected chi connectivity index (χ0v) is 18.3. The Balaban J connectivity index is 1.67. The first kappa shape index (κ1) is 21.5. The summed E-state index contributed by atoms with van der Waals surface area (Å²) in [6.07, 6.45) is 5.41. The number of aryl methyl sites for hydroxylation is 3. The number of fused-ring (bicyclic) bond motifs is 1. The van der Waals surface area contributed by atoms with Gasteiger partial charge in [0.15, 0.2) is 0 Å². The molecule has 0 saturated carbocycles. The van der Waals surface area contributed by atoms with E-state index in [4.69, 9.17) is 0 Å². The molecule has 0 saturated heterocycles. The number of rotatable bonds is 7. The van der Waals surface area contributed by atoms with Crippen molar-refractivity contribution in [3.8, 4) is 0 Å². The van der Waals surface area contributed by atoms with Gasteiger partial charge in [-0.3, -0.25) is 4.79 Å². The molecule has 0 spiro atoms. The summed E-state index contributed by atoms with van der Waals surface area (Å²) in [5.74, 6) is -0.298. The average molecular weight is 415 g/mol. The van der Waals surface area contributed by atoms with Crippen molar-refractivity contribution < 1.29 is 13.2 Å². The lowest BCUT2D eigenvalue weighted by molar-refractivity contribution is -0.121. The van der Waals surface area contributed by atoms with Gasteiger partial charge in [-0.25, -0.2) is 8.42 Å². The highest BCUT2D eigenvalue weighted by Crippen LogP contribution is 2.26. The van der Waals surface area contributed by atoms with Crippen molar-refractivity contribution >= 4 is 15.9 Å². The van der Waals surface area contributed by atoms with Crippen LogP contribution in [0, 0.1) is 6.92 Å². The lowest BCUT2D eigenvalue weighted by Crippen LogP contribution is -2.39. The molecule has 2 aromatic rings. The summed E-state index contributed by atoms with van der Waals surface area (Å²) >= 11 is 0. The van der Waals surface area contributed by atoms with Crippen LogP contribution >= 0.6 is 0 Å². The van der Waals surface area contributed by atoms with Crippen molar-refractivity contribution in [2.75, 3.05) is 13.6 Å². The molecule has 0 fully saturated rings. The third kappa shape index (κ3) is 5.06. The molecule has 3 rings (SSSR count). The molecule has 29 heavy (non-hydrogen) atoms. The first-order chi connectivity index (χ1) is 13.8. The highest BCUT2D eigenvalue weighted by atomic mass is 32.2. The predicted octanol–water partition coefficient (Wildman–Crippen LogP) is 3.76. The van der Waals surface area contributed by atoms with E-state index in [1.807, 2.05) is 13.8 Å². The smallest absolute Gasteiger partial charge is 0.243 e. The SMILES string of the molecule is CC[C@@H](NC(=O)CN(C)S(=O)(=O)c1ccc(C)cc1)c1ccc2c(c1)CCCC2. The number of hydrogen-bond donors (Lipinski definition) is 1. The van der Waals surface area contributed by atoms with Crippen molar-refractivity contribution in [3.63, 3.8) is 0 Å². The second-order valence-corrected chi connectivity index (χ2v) is 9.88. The van der Waals surface area contributed by atoms with E-state index in [1.165, 1.54) is 31.0 Å². The minimum atomic E-state index is -3.70. The van der Waals surface area contributed by atoms with E-state index in [0.29, 0.717) is 0 Å². The maximum absolute atomic E-state index is 12.7. The highest BCUT2D eigenvalue weighted by Gasteiger charge is 2.24. The van der Waals surface area contributed by atoms with Crippen LogP contribution in [0.25, 0.3) is 0 Å². The Bertz CT molecular complexity index is 968. The van der Waals surface area contributed by atoms with Crippen molar-refractivity contribution in [2.24, 2.45) is 0 Å². The Morgan fingerprint density at radius 2 is 1.72 bits per heavy atom. The molecule has 6 heteroatoms. The van der Waals surface area contributed by atoms with E-state index < -0.39 is 10.0 Å². The molecule has 1 aliphatic carbocycles. The molecule has 0 aliphatic heterocycles. The van der Waals surface area contributed by atoms with Crippen molar-refractivity contribution in [2.45, 2.75) is 56.9 Å². The van der Waals surface area contributed by atoms with Gasteiger partial charge in [0.2, 0.25) is 15.9 Å². The molecule has 0 unspecified atom stereocenters. The molecule has 0 bridgehead atoms. The Morgan fingerprint density at radius 3 is 2.38 bits per heavy atom. The van der Waals surface area contributed by atoms with Gasteiger partial charge in [0.05, 0.1) is 17.5 Å². The Labute approximate surface area is 174 Å². The van der Waals surface area contributed by atoms with Crippen molar-refractivity contribution in [3.05, 3.63) is 64.7 Å².